The Kier molecular flexibility index (Phi) is 3.93. The van der Waals surface area contributed by atoms with Crippen molar-refractivity contribution in [2.75, 3.05) is 12.3 Å². The maximum atomic E-state index is 12.4. The highest BCUT2D eigenvalue weighted by molar-refractivity contribution is 5.93. The molecular formula is C18H18N2O3. The number of hydrogen-bond acceptors (Lipinski definition) is 5. The van der Waals surface area contributed by atoms with Gasteiger partial charge in [0, 0.05) is 11.3 Å². The van der Waals surface area contributed by atoms with E-state index in [9.17, 15) is 4.79 Å². The Morgan fingerprint density at radius 3 is 2.57 bits per heavy atom. The summed E-state index contributed by atoms with van der Waals surface area (Å²) in [7, 11) is 0. The second-order valence-corrected chi connectivity index (χ2v) is 5.20. The van der Waals surface area contributed by atoms with Gasteiger partial charge in [0.05, 0.1) is 12.5 Å². The zero-order valence-corrected chi connectivity index (χ0v) is 12.8. The molecule has 0 saturated carbocycles. The predicted octanol–water partition coefficient (Wildman–Crippen LogP) is 2.53. The van der Waals surface area contributed by atoms with Gasteiger partial charge in [-0.15, -0.1) is 0 Å². The standard InChI is InChI=1S/C18H18N2O3/c1-2-22-18(21)16-14(11-7-4-3-5-8-11)15-12(19)9-6-10-13(15)23-17(16)20/h3-10,14H,2,19-20H2,1H3. The van der Waals surface area contributed by atoms with Gasteiger partial charge in [-0.1, -0.05) is 36.4 Å². The molecule has 5 nitrogen and oxygen atoms in total. The first-order valence-electron chi connectivity index (χ1n) is 7.41. The predicted molar refractivity (Wildman–Crippen MR) is 87.6 cm³/mol. The van der Waals surface area contributed by atoms with Gasteiger partial charge in [0.2, 0.25) is 5.88 Å². The average Bonchev–Trinajstić information content (AvgIpc) is 2.54. The molecule has 2 aromatic carbocycles. The Morgan fingerprint density at radius 1 is 1.13 bits per heavy atom. The van der Waals surface area contributed by atoms with Crippen LogP contribution in [0.4, 0.5) is 5.69 Å². The van der Waals surface area contributed by atoms with E-state index < -0.39 is 11.9 Å². The Balaban J connectivity index is 2.22. The van der Waals surface area contributed by atoms with Crippen LogP contribution in [0.3, 0.4) is 0 Å². The molecular weight excluding hydrogens is 292 g/mol. The van der Waals surface area contributed by atoms with Gasteiger partial charge < -0.3 is 20.9 Å². The van der Waals surface area contributed by atoms with Crippen molar-refractivity contribution >= 4 is 11.7 Å². The smallest absolute Gasteiger partial charge is 0.340 e. The van der Waals surface area contributed by atoms with E-state index in [1.165, 1.54) is 0 Å². The molecule has 1 atom stereocenters. The van der Waals surface area contributed by atoms with E-state index in [4.69, 9.17) is 20.9 Å². The SMILES string of the molecule is CCOC(=O)C1=C(N)Oc2cccc(N)c2C1c1ccccc1. The number of rotatable bonds is 3. The van der Waals surface area contributed by atoms with E-state index in [0.29, 0.717) is 11.4 Å². The number of carbonyl (C=O) groups excluding carboxylic acids is 1. The van der Waals surface area contributed by atoms with Crippen molar-refractivity contribution in [2.45, 2.75) is 12.8 Å². The van der Waals surface area contributed by atoms with Crippen LogP contribution in [0.1, 0.15) is 24.0 Å². The van der Waals surface area contributed by atoms with Crippen LogP contribution in [0.15, 0.2) is 60.0 Å². The third-order valence-corrected chi connectivity index (χ3v) is 3.79. The molecule has 0 amide bonds. The lowest BCUT2D eigenvalue weighted by Crippen LogP contribution is -2.28. The number of fused-ring (bicyclic) bond motifs is 1. The van der Waals surface area contributed by atoms with Crippen LogP contribution in [-0.4, -0.2) is 12.6 Å². The molecule has 4 N–H and O–H groups in total. The second-order valence-electron chi connectivity index (χ2n) is 5.20. The quantitative estimate of drug-likeness (QED) is 0.672. The Labute approximate surface area is 134 Å². The lowest BCUT2D eigenvalue weighted by molar-refractivity contribution is -0.139. The van der Waals surface area contributed by atoms with Gasteiger partial charge >= 0.3 is 5.97 Å². The number of esters is 1. The fourth-order valence-corrected chi connectivity index (χ4v) is 2.83. The summed E-state index contributed by atoms with van der Waals surface area (Å²) in [6.07, 6.45) is 0. The van der Waals surface area contributed by atoms with Gasteiger partial charge in [0.1, 0.15) is 11.3 Å². The fraction of sp³-hybridized carbons (Fsp3) is 0.167. The van der Waals surface area contributed by atoms with Gasteiger partial charge in [-0.25, -0.2) is 4.79 Å². The first-order valence-corrected chi connectivity index (χ1v) is 7.41. The Bertz CT molecular complexity index is 769. The number of hydrogen-bond donors (Lipinski definition) is 2. The highest BCUT2D eigenvalue weighted by atomic mass is 16.5. The van der Waals surface area contributed by atoms with Crippen molar-refractivity contribution < 1.29 is 14.3 Å². The number of carbonyl (C=O) groups is 1. The molecule has 3 rings (SSSR count). The molecule has 0 radical (unpaired) electrons. The summed E-state index contributed by atoms with van der Waals surface area (Å²) in [6, 6.07) is 14.9. The minimum Gasteiger partial charge on any atom is -0.462 e. The lowest BCUT2D eigenvalue weighted by Gasteiger charge is -2.29. The summed E-state index contributed by atoms with van der Waals surface area (Å²) in [4.78, 5) is 12.4. The fourth-order valence-electron chi connectivity index (χ4n) is 2.83. The number of ether oxygens (including phenoxy) is 2. The average molecular weight is 310 g/mol. The molecule has 2 aromatic rings. The van der Waals surface area contributed by atoms with E-state index in [0.717, 1.165) is 11.1 Å². The van der Waals surface area contributed by atoms with Gasteiger partial charge in [-0.3, -0.25) is 0 Å². The van der Waals surface area contributed by atoms with E-state index in [1.54, 1.807) is 25.1 Å². The molecule has 5 heteroatoms. The normalized spacial score (nSPS) is 16.5. The molecule has 0 bridgehead atoms. The van der Waals surface area contributed by atoms with Gasteiger partial charge in [0.15, 0.2) is 0 Å². The topological polar surface area (TPSA) is 87.6 Å². The highest BCUT2D eigenvalue weighted by Crippen LogP contribution is 2.45. The summed E-state index contributed by atoms with van der Waals surface area (Å²) in [5.74, 6) is -0.298. The minimum absolute atomic E-state index is 0.0513. The van der Waals surface area contributed by atoms with Crippen LogP contribution in [0.5, 0.6) is 5.75 Å². The number of nitrogen functional groups attached to an aromatic ring is 1. The summed E-state index contributed by atoms with van der Waals surface area (Å²) in [6.45, 7) is 2.01. The molecule has 1 aliphatic heterocycles. The number of benzene rings is 2. The van der Waals surface area contributed by atoms with Crippen LogP contribution >= 0.6 is 0 Å². The molecule has 0 aromatic heterocycles. The maximum Gasteiger partial charge on any atom is 0.340 e. The maximum absolute atomic E-state index is 12.4. The van der Waals surface area contributed by atoms with Crippen molar-refractivity contribution in [2.24, 2.45) is 5.73 Å². The van der Waals surface area contributed by atoms with Gasteiger partial charge in [-0.05, 0) is 24.6 Å². The van der Waals surface area contributed by atoms with Crippen molar-refractivity contribution in [3.8, 4) is 5.75 Å². The van der Waals surface area contributed by atoms with Crippen LogP contribution in [0.2, 0.25) is 0 Å². The van der Waals surface area contributed by atoms with E-state index in [2.05, 4.69) is 0 Å². The summed E-state index contributed by atoms with van der Waals surface area (Å²) in [5, 5.41) is 0. The molecule has 1 heterocycles. The Hall–Kier alpha value is -2.95. The zero-order chi connectivity index (χ0) is 16.4. The van der Waals surface area contributed by atoms with Crippen LogP contribution in [0.25, 0.3) is 0 Å². The molecule has 23 heavy (non-hydrogen) atoms. The first kappa shape index (κ1) is 15.0. The number of nitrogens with two attached hydrogens (primary N) is 2. The third-order valence-electron chi connectivity index (χ3n) is 3.79. The molecule has 0 spiro atoms. The van der Waals surface area contributed by atoms with Crippen molar-refractivity contribution in [3.05, 3.63) is 71.1 Å². The summed E-state index contributed by atoms with van der Waals surface area (Å²) in [5.41, 5.74) is 14.6. The van der Waals surface area contributed by atoms with E-state index >= 15 is 0 Å². The van der Waals surface area contributed by atoms with Crippen molar-refractivity contribution in [1.29, 1.82) is 0 Å². The molecule has 118 valence electrons. The van der Waals surface area contributed by atoms with Crippen LogP contribution < -0.4 is 16.2 Å². The molecule has 1 unspecified atom stereocenters. The monoisotopic (exact) mass is 310 g/mol. The number of anilines is 1. The Morgan fingerprint density at radius 2 is 1.87 bits per heavy atom. The lowest BCUT2D eigenvalue weighted by atomic mass is 9.82. The highest BCUT2D eigenvalue weighted by Gasteiger charge is 2.36. The van der Waals surface area contributed by atoms with Crippen LogP contribution in [-0.2, 0) is 9.53 Å². The van der Waals surface area contributed by atoms with E-state index in [-0.39, 0.29) is 18.1 Å². The third kappa shape index (κ3) is 2.61. The van der Waals surface area contributed by atoms with E-state index in [1.807, 2.05) is 30.3 Å². The van der Waals surface area contributed by atoms with Gasteiger partial charge in [-0.2, -0.15) is 0 Å². The molecule has 1 aliphatic rings. The first-order chi connectivity index (χ1) is 11.1. The summed E-state index contributed by atoms with van der Waals surface area (Å²) >= 11 is 0. The molecule has 0 saturated heterocycles. The van der Waals surface area contributed by atoms with Crippen molar-refractivity contribution in [3.63, 3.8) is 0 Å². The van der Waals surface area contributed by atoms with Crippen LogP contribution in [0, 0.1) is 0 Å². The van der Waals surface area contributed by atoms with Crippen molar-refractivity contribution in [1.82, 2.24) is 0 Å². The molecule has 0 aliphatic carbocycles. The van der Waals surface area contributed by atoms with Gasteiger partial charge in [0.25, 0.3) is 0 Å². The summed E-state index contributed by atoms with van der Waals surface area (Å²) < 4.78 is 10.8. The second kappa shape index (κ2) is 6.04. The largest absolute Gasteiger partial charge is 0.462 e. The zero-order valence-electron chi connectivity index (χ0n) is 12.8. The minimum atomic E-state index is -0.493. The molecule has 0 fully saturated rings.